The van der Waals surface area contributed by atoms with Crippen molar-refractivity contribution in [2.75, 3.05) is 13.7 Å². The van der Waals surface area contributed by atoms with Crippen LogP contribution in [-0.4, -0.2) is 53.7 Å². The fraction of sp³-hybridized carbons (Fsp3) is 0.423. The summed E-state index contributed by atoms with van der Waals surface area (Å²) in [7, 11) is 1.50. The predicted octanol–water partition coefficient (Wildman–Crippen LogP) is 4.02. The highest BCUT2D eigenvalue weighted by atomic mass is 16.5. The minimum Gasteiger partial charge on any atom is -0.480 e. The lowest BCUT2D eigenvalue weighted by Gasteiger charge is -2.34. The van der Waals surface area contributed by atoms with Gasteiger partial charge in [-0.15, -0.1) is 0 Å². The molecule has 2 N–H and O–H groups in total. The zero-order valence-electron chi connectivity index (χ0n) is 19.0. The van der Waals surface area contributed by atoms with Gasteiger partial charge in [0.2, 0.25) is 5.91 Å². The SMILES string of the molecule is C[C@@H](C(=O)O)N(C)C(=O)[C@H]1CCCC[C@H]1NC(=O)OCC1c2ccccc2-c2ccccc21. The van der Waals surface area contributed by atoms with Crippen LogP contribution in [0.3, 0.4) is 0 Å². The number of likely N-dealkylation sites (N-methyl/N-ethyl adjacent to an activating group) is 1. The van der Waals surface area contributed by atoms with Crippen LogP contribution >= 0.6 is 0 Å². The Morgan fingerprint density at radius 2 is 1.61 bits per heavy atom. The van der Waals surface area contributed by atoms with E-state index >= 15 is 0 Å². The molecule has 7 heteroatoms. The van der Waals surface area contributed by atoms with Crippen molar-refractivity contribution < 1.29 is 24.2 Å². The second-order valence-electron chi connectivity index (χ2n) is 8.93. The van der Waals surface area contributed by atoms with Crippen LogP contribution in [0, 0.1) is 5.92 Å². The van der Waals surface area contributed by atoms with Crippen LogP contribution < -0.4 is 5.32 Å². The number of carbonyl (C=O) groups excluding carboxylic acids is 2. The number of fused-ring (bicyclic) bond motifs is 3. The second-order valence-corrected chi connectivity index (χ2v) is 8.93. The van der Waals surface area contributed by atoms with E-state index in [0.29, 0.717) is 12.8 Å². The molecule has 33 heavy (non-hydrogen) atoms. The normalized spacial score (nSPS) is 20.3. The van der Waals surface area contributed by atoms with E-state index in [9.17, 15) is 19.5 Å². The molecule has 0 saturated heterocycles. The van der Waals surface area contributed by atoms with Gasteiger partial charge >= 0.3 is 12.1 Å². The number of aliphatic carboxylic acids is 1. The molecule has 2 aromatic carbocycles. The summed E-state index contributed by atoms with van der Waals surface area (Å²) in [6.45, 7) is 1.69. The Hall–Kier alpha value is -3.35. The minimum absolute atomic E-state index is 0.0329. The predicted molar refractivity (Wildman–Crippen MR) is 124 cm³/mol. The quantitative estimate of drug-likeness (QED) is 0.693. The zero-order valence-corrected chi connectivity index (χ0v) is 19.0. The first-order chi connectivity index (χ1) is 15.9. The van der Waals surface area contributed by atoms with Crippen LogP contribution in [0.4, 0.5) is 4.79 Å². The third-order valence-electron chi connectivity index (χ3n) is 7.02. The number of carbonyl (C=O) groups is 3. The summed E-state index contributed by atoms with van der Waals surface area (Å²) in [6, 6.07) is 15.0. The number of hydrogen-bond donors (Lipinski definition) is 2. The van der Waals surface area contributed by atoms with E-state index in [1.807, 2.05) is 24.3 Å². The number of rotatable bonds is 6. The Morgan fingerprint density at radius 3 is 2.21 bits per heavy atom. The summed E-state index contributed by atoms with van der Waals surface area (Å²) in [5.74, 6) is -1.79. The molecule has 2 aliphatic rings. The summed E-state index contributed by atoms with van der Waals surface area (Å²) < 4.78 is 5.65. The molecule has 2 amide bonds. The lowest BCUT2D eigenvalue weighted by Crippen LogP contribution is -2.51. The number of amides is 2. The molecule has 0 bridgehead atoms. The van der Waals surface area contributed by atoms with Gasteiger partial charge in [-0.05, 0) is 42.0 Å². The molecule has 1 saturated carbocycles. The van der Waals surface area contributed by atoms with Crippen molar-refractivity contribution >= 4 is 18.0 Å². The highest BCUT2D eigenvalue weighted by Gasteiger charge is 2.37. The third-order valence-corrected chi connectivity index (χ3v) is 7.02. The van der Waals surface area contributed by atoms with E-state index in [1.165, 1.54) is 18.9 Å². The minimum atomic E-state index is -1.05. The zero-order chi connectivity index (χ0) is 23.5. The molecule has 0 spiro atoms. The van der Waals surface area contributed by atoms with Gasteiger partial charge in [0.1, 0.15) is 12.6 Å². The Bertz CT molecular complexity index is 1010. The van der Waals surface area contributed by atoms with Gasteiger partial charge in [-0.1, -0.05) is 61.4 Å². The van der Waals surface area contributed by atoms with E-state index in [-0.39, 0.29) is 24.5 Å². The van der Waals surface area contributed by atoms with Crippen LogP contribution in [-0.2, 0) is 14.3 Å². The fourth-order valence-corrected chi connectivity index (χ4v) is 5.01. The van der Waals surface area contributed by atoms with Gasteiger partial charge in [-0.3, -0.25) is 4.79 Å². The van der Waals surface area contributed by atoms with Crippen LogP contribution in [0.1, 0.15) is 49.7 Å². The van der Waals surface area contributed by atoms with Crippen molar-refractivity contribution in [3.05, 3.63) is 59.7 Å². The Morgan fingerprint density at radius 1 is 1.03 bits per heavy atom. The van der Waals surface area contributed by atoms with Gasteiger partial charge in [0.05, 0.1) is 5.92 Å². The monoisotopic (exact) mass is 450 g/mol. The molecule has 0 aromatic heterocycles. The van der Waals surface area contributed by atoms with Gasteiger partial charge in [-0.25, -0.2) is 9.59 Å². The van der Waals surface area contributed by atoms with Crippen molar-refractivity contribution in [3.8, 4) is 11.1 Å². The Balaban J connectivity index is 1.41. The molecule has 2 aliphatic carbocycles. The standard InChI is InChI=1S/C26H30N2O5/c1-16(25(30)31)28(2)24(29)21-13-7-8-14-23(21)27-26(32)33-15-22-19-11-5-3-9-17(19)18-10-4-6-12-20(18)22/h3-6,9-12,16,21-23H,7-8,13-15H2,1-2H3,(H,27,32)(H,30,31)/t16-,21-,23+/m0/s1. The Kier molecular flexibility index (Phi) is 6.67. The topological polar surface area (TPSA) is 95.9 Å². The number of hydrogen-bond acceptors (Lipinski definition) is 4. The number of alkyl carbamates (subject to hydrolysis) is 1. The first kappa shape index (κ1) is 22.8. The summed E-state index contributed by atoms with van der Waals surface area (Å²) in [5.41, 5.74) is 4.61. The van der Waals surface area contributed by atoms with Crippen molar-refractivity contribution in [2.45, 2.75) is 50.6 Å². The summed E-state index contributed by atoms with van der Waals surface area (Å²) >= 11 is 0. The van der Waals surface area contributed by atoms with Crippen molar-refractivity contribution in [1.82, 2.24) is 10.2 Å². The number of benzene rings is 2. The van der Waals surface area contributed by atoms with Crippen molar-refractivity contribution in [2.24, 2.45) is 5.92 Å². The van der Waals surface area contributed by atoms with Crippen LogP contribution in [0.15, 0.2) is 48.5 Å². The number of nitrogens with one attached hydrogen (secondary N) is 1. The third kappa shape index (κ3) is 4.58. The second kappa shape index (κ2) is 9.65. The van der Waals surface area contributed by atoms with Gasteiger partial charge in [0.25, 0.3) is 0 Å². The summed E-state index contributed by atoms with van der Waals surface area (Å²) in [5, 5.41) is 12.1. The average molecular weight is 451 g/mol. The maximum Gasteiger partial charge on any atom is 0.407 e. The lowest BCUT2D eigenvalue weighted by molar-refractivity contribution is -0.150. The molecule has 1 fully saturated rings. The molecule has 0 radical (unpaired) electrons. The van der Waals surface area contributed by atoms with E-state index in [1.54, 1.807) is 0 Å². The van der Waals surface area contributed by atoms with Crippen LogP contribution in [0.2, 0.25) is 0 Å². The van der Waals surface area contributed by atoms with E-state index in [4.69, 9.17) is 4.74 Å². The van der Waals surface area contributed by atoms with Crippen molar-refractivity contribution in [3.63, 3.8) is 0 Å². The van der Waals surface area contributed by atoms with Gasteiger partial charge in [-0.2, -0.15) is 0 Å². The van der Waals surface area contributed by atoms with E-state index in [0.717, 1.165) is 35.1 Å². The molecule has 4 rings (SSSR count). The van der Waals surface area contributed by atoms with E-state index in [2.05, 4.69) is 29.6 Å². The maximum absolute atomic E-state index is 12.9. The molecule has 2 aromatic rings. The molecule has 3 atom stereocenters. The molecule has 0 heterocycles. The summed E-state index contributed by atoms with van der Waals surface area (Å²) in [6.07, 6.45) is 2.50. The fourth-order valence-electron chi connectivity index (χ4n) is 5.01. The highest BCUT2D eigenvalue weighted by Crippen LogP contribution is 2.44. The van der Waals surface area contributed by atoms with Gasteiger partial charge in [0.15, 0.2) is 0 Å². The highest BCUT2D eigenvalue weighted by molar-refractivity contribution is 5.85. The molecular weight excluding hydrogens is 420 g/mol. The molecule has 174 valence electrons. The molecule has 7 nitrogen and oxygen atoms in total. The first-order valence-electron chi connectivity index (χ1n) is 11.5. The molecule has 0 aliphatic heterocycles. The van der Waals surface area contributed by atoms with Gasteiger partial charge < -0.3 is 20.1 Å². The van der Waals surface area contributed by atoms with Crippen molar-refractivity contribution in [1.29, 1.82) is 0 Å². The molecule has 0 unspecified atom stereocenters. The van der Waals surface area contributed by atoms with Crippen LogP contribution in [0.25, 0.3) is 11.1 Å². The van der Waals surface area contributed by atoms with Gasteiger partial charge in [0, 0.05) is 19.0 Å². The smallest absolute Gasteiger partial charge is 0.407 e. The number of ether oxygens (including phenoxy) is 1. The van der Waals surface area contributed by atoms with Crippen LogP contribution in [0.5, 0.6) is 0 Å². The Labute approximate surface area is 193 Å². The van der Waals surface area contributed by atoms with E-state index < -0.39 is 24.0 Å². The average Bonchev–Trinajstić information content (AvgIpc) is 3.15. The number of carboxylic acid groups (broad SMARTS) is 1. The lowest BCUT2D eigenvalue weighted by atomic mass is 9.83. The maximum atomic E-state index is 12.9. The molecular formula is C26H30N2O5. The first-order valence-corrected chi connectivity index (χ1v) is 11.5. The summed E-state index contributed by atoms with van der Waals surface area (Å²) in [4.78, 5) is 38.2. The number of carboxylic acids is 1. The largest absolute Gasteiger partial charge is 0.480 e. The number of nitrogens with zero attached hydrogens (tertiary/aromatic N) is 1.